The van der Waals surface area contributed by atoms with Crippen molar-refractivity contribution in [3.8, 4) is 5.75 Å². The highest BCUT2D eigenvalue weighted by atomic mass is 32.2. The SMILES string of the molecule is CCn1c(COc2ccccc2)nnc1SCC[NH+]1CCOCC1. The highest BCUT2D eigenvalue weighted by Crippen LogP contribution is 2.18. The van der Waals surface area contributed by atoms with Crippen LogP contribution in [0.5, 0.6) is 5.75 Å². The summed E-state index contributed by atoms with van der Waals surface area (Å²) in [5.41, 5.74) is 0. The first kappa shape index (κ1) is 17.3. The summed E-state index contributed by atoms with van der Waals surface area (Å²) in [7, 11) is 0. The number of quaternary nitrogens is 1. The second kappa shape index (κ2) is 9.05. The van der Waals surface area contributed by atoms with Crippen LogP contribution in [0.15, 0.2) is 35.5 Å². The van der Waals surface area contributed by atoms with E-state index in [9.17, 15) is 0 Å². The molecule has 2 aromatic rings. The summed E-state index contributed by atoms with van der Waals surface area (Å²) in [6.45, 7) is 8.53. The van der Waals surface area contributed by atoms with E-state index in [2.05, 4.69) is 21.7 Å². The van der Waals surface area contributed by atoms with Crippen LogP contribution in [0.25, 0.3) is 0 Å². The third kappa shape index (κ3) is 4.72. The summed E-state index contributed by atoms with van der Waals surface area (Å²) in [6.07, 6.45) is 0. The Bertz CT molecular complexity index is 614. The van der Waals surface area contributed by atoms with E-state index in [1.54, 1.807) is 16.7 Å². The van der Waals surface area contributed by atoms with Crippen molar-refractivity contribution < 1.29 is 14.4 Å². The predicted octanol–water partition coefficient (Wildman–Crippen LogP) is 0.884. The van der Waals surface area contributed by atoms with Crippen LogP contribution in [0.4, 0.5) is 0 Å². The van der Waals surface area contributed by atoms with Gasteiger partial charge in [-0.15, -0.1) is 10.2 Å². The molecule has 1 aromatic carbocycles. The van der Waals surface area contributed by atoms with Crippen LogP contribution >= 0.6 is 11.8 Å². The predicted molar refractivity (Wildman–Crippen MR) is 93.6 cm³/mol. The van der Waals surface area contributed by atoms with Gasteiger partial charge in [-0.1, -0.05) is 30.0 Å². The number of hydrogen-bond donors (Lipinski definition) is 1. The number of aromatic nitrogens is 3. The Morgan fingerprint density at radius 2 is 2.00 bits per heavy atom. The fraction of sp³-hybridized carbons (Fsp3) is 0.529. The quantitative estimate of drug-likeness (QED) is 0.717. The largest absolute Gasteiger partial charge is 0.486 e. The van der Waals surface area contributed by atoms with Gasteiger partial charge in [-0.2, -0.15) is 0 Å². The Hall–Kier alpha value is -1.57. The van der Waals surface area contributed by atoms with Gasteiger partial charge in [0.15, 0.2) is 11.0 Å². The van der Waals surface area contributed by atoms with Crippen LogP contribution in [0.3, 0.4) is 0 Å². The number of thioether (sulfide) groups is 1. The maximum atomic E-state index is 5.80. The molecule has 6 nitrogen and oxygen atoms in total. The van der Waals surface area contributed by atoms with Crippen LogP contribution in [-0.2, 0) is 17.9 Å². The monoisotopic (exact) mass is 349 g/mol. The van der Waals surface area contributed by atoms with E-state index < -0.39 is 0 Å². The number of nitrogens with zero attached hydrogens (tertiary/aromatic N) is 3. The van der Waals surface area contributed by atoms with Gasteiger partial charge in [0.05, 0.1) is 25.5 Å². The van der Waals surface area contributed by atoms with Gasteiger partial charge >= 0.3 is 0 Å². The molecule has 130 valence electrons. The summed E-state index contributed by atoms with van der Waals surface area (Å²) in [5.74, 6) is 2.78. The van der Waals surface area contributed by atoms with Gasteiger partial charge in [0.1, 0.15) is 25.4 Å². The van der Waals surface area contributed by atoms with Gasteiger partial charge < -0.3 is 18.9 Å². The molecular formula is C17H25N4O2S+. The zero-order chi connectivity index (χ0) is 16.6. The Morgan fingerprint density at radius 1 is 1.21 bits per heavy atom. The lowest BCUT2D eigenvalue weighted by Gasteiger charge is -2.23. The second-order valence-corrected chi connectivity index (χ2v) is 6.77. The van der Waals surface area contributed by atoms with Gasteiger partial charge in [-0.25, -0.2) is 0 Å². The summed E-state index contributed by atoms with van der Waals surface area (Å²) >= 11 is 1.78. The van der Waals surface area contributed by atoms with Gasteiger partial charge in [-0.3, -0.25) is 0 Å². The van der Waals surface area contributed by atoms with Crippen molar-refractivity contribution in [2.75, 3.05) is 38.6 Å². The maximum absolute atomic E-state index is 5.80. The minimum atomic E-state index is 0.445. The molecule has 1 saturated heterocycles. The fourth-order valence-electron chi connectivity index (χ4n) is 2.71. The first-order valence-electron chi connectivity index (χ1n) is 8.51. The van der Waals surface area contributed by atoms with Crippen molar-refractivity contribution in [2.45, 2.75) is 25.2 Å². The standard InChI is InChI=1S/C17H24N4O2S/c1-2-21-16(14-23-15-6-4-3-5-7-15)18-19-17(21)24-13-10-20-8-11-22-12-9-20/h3-7H,2,8-14H2,1H3/p+1. The van der Waals surface area contributed by atoms with Crippen molar-refractivity contribution in [2.24, 2.45) is 0 Å². The molecule has 1 aliphatic heterocycles. The lowest BCUT2D eigenvalue weighted by atomic mass is 10.3. The minimum absolute atomic E-state index is 0.445. The number of benzene rings is 1. The third-order valence-electron chi connectivity index (χ3n) is 4.11. The molecule has 0 radical (unpaired) electrons. The topological polar surface area (TPSA) is 53.6 Å². The molecule has 3 rings (SSSR count). The highest BCUT2D eigenvalue weighted by molar-refractivity contribution is 7.99. The van der Waals surface area contributed by atoms with Crippen LogP contribution in [0.2, 0.25) is 0 Å². The molecule has 1 aliphatic rings. The van der Waals surface area contributed by atoms with E-state index >= 15 is 0 Å². The van der Waals surface area contributed by atoms with E-state index in [0.717, 1.165) is 61.9 Å². The molecule has 2 heterocycles. The third-order valence-corrected chi connectivity index (χ3v) is 5.08. The van der Waals surface area contributed by atoms with Crippen molar-refractivity contribution in [1.82, 2.24) is 14.8 Å². The van der Waals surface area contributed by atoms with Gasteiger partial charge in [-0.05, 0) is 19.1 Å². The van der Waals surface area contributed by atoms with Gasteiger partial charge in [0.2, 0.25) is 0 Å². The molecule has 0 atom stereocenters. The van der Waals surface area contributed by atoms with Crippen molar-refractivity contribution in [1.29, 1.82) is 0 Å². The Labute approximate surface area is 147 Å². The zero-order valence-corrected chi connectivity index (χ0v) is 14.9. The van der Waals surface area contributed by atoms with Crippen molar-refractivity contribution >= 4 is 11.8 Å². The fourth-order valence-corrected chi connectivity index (χ4v) is 3.77. The average molecular weight is 349 g/mol. The summed E-state index contributed by atoms with van der Waals surface area (Å²) in [4.78, 5) is 1.61. The summed E-state index contributed by atoms with van der Waals surface area (Å²) in [5, 5.41) is 9.63. The lowest BCUT2D eigenvalue weighted by Crippen LogP contribution is -3.14. The normalized spacial score (nSPS) is 15.5. The van der Waals surface area contributed by atoms with Crippen molar-refractivity contribution in [3.05, 3.63) is 36.2 Å². The number of nitrogens with one attached hydrogen (secondary N) is 1. The zero-order valence-electron chi connectivity index (χ0n) is 14.1. The highest BCUT2D eigenvalue weighted by Gasteiger charge is 2.16. The first-order chi connectivity index (χ1) is 11.9. The Kier molecular flexibility index (Phi) is 6.51. The molecule has 1 fully saturated rings. The smallest absolute Gasteiger partial charge is 0.191 e. The lowest BCUT2D eigenvalue weighted by molar-refractivity contribution is -0.905. The van der Waals surface area contributed by atoms with E-state index in [1.165, 1.54) is 0 Å². The number of morpholine rings is 1. The molecule has 0 unspecified atom stereocenters. The minimum Gasteiger partial charge on any atom is -0.486 e. The molecule has 0 spiro atoms. The Morgan fingerprint density at radius 3 is 2.75 bits per heavy atom. The molecular weight excluding hydrogens is 324 g/mol. The number of hydrogen-bond acceptors (Lipinski definition) is 5. The van der Waals surface area contributed by atoms with Crippen LogP contribution in [0.1, 0.15) is 12.7 Å². The van der Waals surface area contributed by atoms with E-state index in [4.69, 9.17) is 9.47 Å². The molecule has 0 bridgehead atoms. The molecule has 24 heavy (non-hydrogen) atoms. The molecule has 7 heteroatoms. The van der Waals surface area contributed by atoms with Crippen molar-refractivity contribution in [3.63, 3.8) is 0 Å². The second-order valence-electron chi connectivity index (χ2n) is 5.71. The molecule has 1 aromatic heterocycles. The first-order valence-corrected chi connectivity index (χ1v) is 9.49. The molecule has 1 N–H and O–H groups in total. The maximum Gasteiger partial charge on any atom is 0.191 e. The molecule has 0 saturated carbocycles. The summed E-state index contributed by atoms with van der Waals surface area (Å²) in [6, 6.07) is 9.82. The van der Waals surface area contributed by atoms with Crippen LogP contribution in [-0.4, -0.2) is 53.4 Å². The number of para-hydroxylation sites is 1. The number of ether oxygens (including phenoxy) is 2. The average Bonchev–Trinajstić information content (AvgIpc) is 3.03. The van der Waals surface area contributed by atoms with E-state index in [-0.39, 0.29) is 0 Å². The summed E-state index contributed by atoms with van der Waals surface area (Å²) < 4.78 is 13.3. The Balaban J connectivity index is 1.51. The van der Waals surface area contributed by atoms with E-state index in [1.807, 2.05) is 30.3 Å². The van der Waals surface area contributed by atoms with Gasteiger partial charge in [0, 0.05) is 6.54 Å². The molecule has 0 aliphatic carbocycles. The molecule has 0 amide bonds. The van der Waals surface area contributed by atoms with E-state index in [0.29, 0.717) is 6.61 Å². The van der Waals surface area contributed by atoms with Crippen LogP contribution < -0.4 is 9.64 Å². The van der Waals surface area contributed by atoms with Gasteiger partial charge in [0.25, 0.3) is 0 Å². The number of rotatable bonds is 8. The van der Waals surface area contributed by atoms with Crippen LogP contribution in [0, 0.1) is 0 Å².